The summed E-state index contributed by atoms with van der Waals surface area (Å²) in [5.41, 5.74) is 0.524. The predicted octanol–water partition coefficient (Wildman–Crippen LogP) is 0.987. The maximum atomic E-state index is 11.1. The van der Waals surface area contributed by atoms with Crippen molar-refractivity contribution in [2.75, 3.05) is 7.11 Å². The fraction of sp³-hybridized carbons (Fsp3) is 0.111. The van der Waals surface area contributed by atoms with Gasteiger partial charge in [-0.3, -0.25) is 0 Å². The molecule has 14 heavy (non-hydrogen) atoms. The number of esters is 1. The summed E-state index contributed by atoms with van der Waals surface area (Å²) in [6.45, 7) is 0. The highest BCUT2D eigenvalue weighted by Crippen LogP contribution is 2.18. The van der Waals surface area contributed by atoms with Crippen molar-refractivity contribution in [3.05, 3.63) is 29.3 Å². The number of oxime groups is 1. The minimum Gasteiger partial charge on any atom is -0.507 e. The average Bonchev–Trinajstić information content (AvgIpc) is 2.20. The molecule has 1 aromatic carbocycles. The van der Waals surface area contributed by atoms with Gasteiger partial charge < -0.3 is 15.1 Å². The third-order valence-electron chi connectivity index (χ3n) is 1.63. The van der Waals surface area contributed by atoms with Gasteiger partial charge in [0.25, 0.3) is 0 Å². The van der Waals surface area contributed by atoms with Gasteiger partial charge in [-0.2, -0.15) is 0 Å². The Morgan fingerprint density at radius 3 is 2.86 bits per heavy atom. The first-order valence-electron chi connectivity index (χ1n) is 3.78. The lowest BCUT2D eigenvalue weighted by atomic mass is 10.1. The predicted molar refractivity (Wildman–Crippen MR) is 48.8 cm³/mol. The third-order valence-corrected chi connectivity index (χ3v) is 1.63. The number of phenolic OH excluding ortho intramolecular Hbond substituents is 1. The highest BCUT2D eigenvalue weighted by Gasteiger charge is 2.11. The highest BCUT2D eigenvalue weighted by molar-refractivity contribution is 5.94. The van der Waals surface area contributed by atoms with Gasteiger partial charge in [-0.05, 0) is 23.8 Å². The minimum atomic E-state index is -0.643. The molecule has 0 aliphatic carbocycles. The number of aromatic hydroxyl groups is 1. The zero-order valence-electron chi connectivity index (χ0n) is 7.47. The smallest absolute Gasteiger partial charge is 0.341 e. The van der Waals surface area contributed by atoms with Crippen LogP contribution < -0.4 is 0 Å². The number of phenols is 1. The maximum Gasteiger partial charge on any atom is 0.341 e. The average molecular weight is 195 g/mol. The second kappa shape index (κ2) is 4.27. The summed E-state index contributed by atoms with van der Waals surface area (Å²) >= 11 is 0. The molecule has 0 saturated carbocycles. The molecule has 0 aliphatic heterocycles. The summed E-state index contributed by atoms with van der Waals surface area (Å²) in [6, 6.07) is 4.19. The van der Waals surface area contributed by atoms with E-state index in [0.29, 0.717) is 5.56 Å². The van der Waals surface area contributed by atoms with Crippen LogP contribution in [-0.2, 0) is 4.74 Å². The standard InChI is InChI=1S/C9H9NO4/c1-14-9(12)7-4-6(5-10-13)2-3-8(7)11/h2-5,11,13H,1H3. The molecule has 0 heterocycles. The van der Waals surface area contributed by atoms with Crippen LogP contribution in [0.5, 0.6) is 5.75 Å². The Bertz CT molecular complexity index is 373. The number of ether oxygens (including phenoxy) is 1. The Balaban J connectivity index is 3.14. The van der Waals surface area contributed by atoms with Gasteiger partial charge in [-0.25, -0.2) is 4.79 Å². The highest BCUT2D eigenvalue weighted by atomic mass is 16.5. The number of carbonyl (C=O) groups excluding carboxylic acids is 1. The lowest BCUT2D eigenvalue weighted by Crippen LogP contribution is -2.02. The van der Waals surface area contributed by atoms with E-state index in [1.165, 1.54) is 25.3 Å². The first-order chi connectivity index (χ1) is 6.69. The van der Waals surface area contributed by atoms with Crippen LogP contribution >= 0.6 is 0 Å². The number of rotatable bonds is 2. The Kier molecular flexibility index (Phi) is 3.06. The molecule has 1 rings (SSSR count). The molecular formula is C9H9NO4. The summed E-state index contributed by atoms with van der Waals surface area (Å²) in [7, 11) is 1.22. The lowest BCUT2D eigenvalue weighted by Gasteiger charge is -2.02. The molecule has 5 heteroatoms. The minimum absolute atomic E-state index is 0.0323. The van der Waals surface area contributed by atoms with Crippen LogP contribution in [0.3, 0.4) is 0 Å². The van der Waals surface area contributed by atoms with Crippen LogP contribution in [0.15, 0.2) is 23.4 Å². The van der Waals surface area contributed by atoms with Crippen molar-refractivity contribution in [3.63, 3.8) is 0 Å². The van der Waals surface area contributed by atoms with E-state index in [-0.39, 0.29) is 11.3 Å². The van der Waals surface area contributed by atoms with Gasteiger partial charge in [0, 0.05) is 0 Å². The van der Waals surface area contributed by atoms with E-state index in [9.17, 15) is 9.90 Å². The van der Waals surface area contributed by atoms with E-state index in [0.717, 1.165) is 6.21 Å². The molecule has 0 saturated heterocycles. The largest absolute Gasteiger partial charge is 0.507 e. The molecule has 74 valence electrons. The van der Waals surface area contributed by atoms with Crippen molar-refractivity contribution in [1.29, 1.82) is 0 Å². The van der Waals surface area contributed by atoms with E-state index in [4.69, 9.17) is 5.21 Å². The molecule has 0 amide bonds. The van der Waals surface area contributed by atoms with E-state index < -0.39 is 5.97 Å². The van der Waals surface area contributed by atoms with Crippen molar-refractivity contribution in [3.8, 4) is 5.75 Å². The van der Waals surface area contributed by atoms with E-state index in [1.807, 2.05) is 0 Å². The fourth-order valence-electron chi connectivity index (χ4n) is 0.974. The zero-order valence-corrected chi connectivity index (χ0v) is 7.47. The van der Waals surface area contributed by atoms with Crippen molar-refractivity contribution in [2.24, 2.45) is 5.16 Å². The van der Waals surface area contributed by atoms with Gasteiger partial charge in [0.1, 0.15) is 11.3 Å². The first-order valence-corrected chi connectivity index (χ1v) is 3.78. The number of hydrogen-bond acceptors (Lipinski definition) is 5. The number of methoxy groups -OCH3 is 1. The van der Waals surface area contributed by atoms with Crippen LogP contribution in [0.4, 0.5) is 0 Å². The van der Waals surface area contributed by atoms with E-state index >= 15 is 0 Å². The first kappa shape index (κ1) is 10.0. The second-order valence-electron chi connectivity index (χ2n) is 2.51. The zero-order chi connectivity index (χ0) is 10.6. The molecule has 2 N–H and O–H groups in total. The molecule has 0 fully saturated rings. The van der Waals surface area contributed by atoms with Crippen LogP contribution in [0.2, 0.25) is 0 Å². The monoisotopic (exact) mass is 195 g/mol. The number of benzene rings is 1. The third kappa shape index (κ3) is 2.01. The summed E-state index contributed by atoms with van der Waals surface area (Å²) in [6.07, 6.45) is 1.14. The van der Waals surface area contributed by atoms with Gasteiger partial charge in [-0.15, -0.1) is 0 Å². The van der Waals surface area contributed by atoms with Gasteiger partial charge in [0.2, 0.25) is 0 Å². The van der Waals surface area contributed by atoms with Gasteiger partial charge in [0.05, 0.1) is 13.3 Å². The van der Waals surface area contributed by atoms with Gasteiger partial charge in [-0.1, -0.05) is 5.16 Å². The molecule has 0 aromatic heterocycles. The molecule has 0 radical (unpaired) electrons. The summed E-state index contributed by atoms with van der Waals surface area (Å²) in [4.78, 5) is 11.1. The number of hydrogen-bond donors (Lipinski definition) is 2. The fourth-order valence-corrected chi connectivity index (χ4v) is 0.974. The normalized spacial score (nSPS) is 10.4. The maximum absolute atomic E-state index is 11.1. The Morgan fingerprint density at radius 1 is 1.57 bits per heavy atom. The number of nitrogens with zero attached hydrogens (tertiary/aromatic N) is 1. The quantitative estimate of drug-likeness (QED) is 0.319. The van der Waals surface area contributed by atoms with Crippen LogP contribution in [-0.4, -0.2) is 29.6 Å². The summed E-state index contributed by atoms with van der Waals surface area (Å²) < 4.78 is 4.44. The topological polar surface area (TPSA) is 79.1 Å². The van der Waals surface area contributed by atoms with Gasteiger partial charge in [0.15, 0.2) is 0 Å². The van der Waals surface area contributed by atoms with E-state index in [1.54, 1.807) is 0 Å². The van der Waals surface area contributed by atoms with Crippen molar-refractivity contribution < 1.29 is 19.8 Å². The molecule has 0 atom stereocenters. The van der Waals surface area contributed by atoms with Crippen LogP contribution in [0.25, 0.3) is 0 Å². The SMILES string of the molecule is COC(=O)c1cc(C=NO)ccc1O. The van der Waals surface area contributed by atoms with Gasteiger partial charge >= 0.3 is 5.97 Å². The Labute approximate surface area is 80.2 Å². The van der Waals surface area contributed by atoms with Crippen molar-refractivity contribution in [1.82, 2.24) is 0 Å². The number of carbonyl (C=O) groups is 1. The molecule has 5 nitrogen and oxygen atoms in total. The molecule has 1 aromatic rings. The van der Waals surface area contributed by atoms with Crippen LogP contribution in [0.1, 0.15) is 15.9 Å². The Morgan fingerprint density at radius 2 is 2.29 bits per heavy atom. The summed E-state index contributed by atoms with van der Waals surface area (Å²) in [5, 5.41) is 20.4. The molecular weight excluding hydrogens is 186 g/mol. The van der Waals surface area contributed by atoms with E-state index in [2.05, 4.69) is 9.89 Å². The van der Waals surface area contributed by atoms with Crippen molar-refractivity contribution in [2.45, 2.75) is 0 Å². The van der Waals surface area contributed by atoms with Crippen molar-refractivity contribution >= 4 is 12.2 Å². The lowest BCUT2D eigenvalue weighted by molar-refractivity contribution is 0.0597. The second-order valence-corrected chi connectivity index (χ2v) is 2.51. The molecule has 0 aliphatic rings. The molecule has 0 spiro atoms. The summed E-state index contributed by atoms with van der Waals surface area (Å²) in [5.74, 6) is -0.817. The van der Waals surface area contributed by atoms with Crippen LogP contribution in [0, 0.1) is 0 Å². The molecule has 0 unspecified atom stereocenters. The molecule has 0 bridgehead atoms. The Hall–Kier alpha value is -2.04.